The molecule has 8 aromatic carbocycles. The minimum Gasteiger partial charge on any atom is -0.0622 e. The van der Waals surface area contributed by atoms with Crippen molar-refractivity contribution in [2.24, 2.45) is 0 Å². The maximum Gasteiger partial charge on any atom is -0.000728 e. The van der Waals surface area contributed by atoms with Crippen molar-refractivity contribution in [2.75, 3.05) is 0 Å². The summed E-state index contributed by atoms with van der Waals surface area (Å²) in [5, 5.41) is 5.22. The number of hydrogen-bond donors (Lipinski definition) is 0. The minimum absolute atomic E-state index is 0.865. The van der Waals surface area contributed by atoms with Crippen LogP contribution >= 0.6 is 0 Å². The van der Waals surface area contributed by atoms with Crippen LogP contribution in [0.15, 0.2) is 182 Å². The molecule has 212 valence electrons. The third kappa shape index (κ3) is 5.11. The molecule has 0 fully saturated rings. The van der Waals surface area contributed by atoms with Gasteiger partial charge >= 0.3 is 0 Å². The smallest absolute Gasteiger partial charge is 0.000728 e. The molecule has 0 unspecified atom stereocenters. The van der Waals surface area contributed by atoms with Gasteiger partial charge in [-0.05, 0) is 83.6 Å². The van der Waals surface area contributed by atoms with E-state index in [4.69, 9.17) is 0 Å². The molecule has 0 nitrogen and oxygen atoms in total. The van der Waals surface area contributed by atoms with Gasteiger partial charge in [-0.1, -0.05) is 182 Å². The molecule has 0 spiro atoms. The molecule has 0 bridgehead atoms. The molecule has 0 aromatic heterocycles. The van der Waals surface area contributed by atoms with E-state index in [1.165, 1.54) is 77.2 Å². The lowest BCUT2D eigenvalue weighted by Crippen LogP contribution is -1.97. The van der Waals surface area contributed by atoms with E-state index in [1.54, 1.807) is 0 Å². The van der Waals surface area contributed by atoms with Gasteiger partial charge in [0.1, 0.15) is 0 Å². The average molecular weight is 573 g/mol. The second-order valence-corrected chi connectivity index (χ2v) is 11.7. The highest BCUT2D eigenvalue weighted by molar-refractivity contribution is 6.15. The Morgan fingerprint density at radius 3 is 1.18 bits per heavy atom. The third-order valence-electron chi connectivity index (χ3n) is 9.01. The fraction of sp³-hybridized carbons (Fsp3) is 0.0222. The Morgan fingerprint density at radius 2 is 0.644 bits per heavy atom. The molecule has 8 aromatic rings. The normalized spacial score (nSPS) is 11.2. The van der Waals surface area contributed by atoms with Crippen molar-refractivity contribution in [3.05, 3.63) is 193 Å². The van der Waals surface area contributed by atoms with Crippen LogP contribution in [0, 0.1) is 0 Å². The van der Waals surface area contributed by atoms with E-state index in [1.807, 2.05) is 0 Å². The molecule has 0 aliphatic heterocycles. The van der Waals surface area contributed by atoms with Crippen LogP contribution in [-0.2, 0) is 6.42 Å². The average Bonchev–Trinajstić information content (AvgIpc) is 3.13. The summed E-state index contributed by atoms with van der Waals surface area (Å²) in [4.78, 5) is 0. The van der Waals surface area contributed by atoms with Crippen molar-refractivity contribution in [1.82, 2.24) is 0 Å². The van der Waals surface area contributed by atoms with E-state index in [-0.39, 0.29) is 0 Å². The second kappa shape index (κ2) is 11.8. The fourth-order valence-corrected chi connectivity index (χ4v) is 6.80. The summed E-state index contributed by atoms with van der Waals surface area (Å²) in [7, 11) is 0. The summed E-state index contributed by atoms with van der Waals surface area (Å²) in [6, 6.07) is 66.0. The van der Waals surface area contributed by atoms with Crippen LogP contribution in [0.5, 0.6) is 0 Å². The van der Waals surface area contributed by atoms with Gasteiger partial charge in [0, 0.05) is 0 Å². The first-order valence-electron chi connectivity index (χ1n) is 15.7. The molecular weight excluding hydrogens is 540 g/mol. The van der Waals surface area contributed by atoms with Gasteiger partial charge in [-0.2, -0.15) is 0 Å². The number of benzene rings is 8. The monoisotopic (exact) mass is 572 g/mol. The van der Waals surface area contributed by atoms with Crippen molar-refractivity contribution in [3.63, 3.8) is 0 Å². The van der Waals surface area contributed by atoms with E-state index in [0.717, 1.165) is 6.42 Å². The van der Waals surface area contributed by atoms with Crippen LogP contribution in [0.25, 0.3) is 66.1 Å². The quantitative estimate of drug-likeness (QED) is 0.174. The molecule has 0 radical (unpaired) electrons. The van der Waals surface area contributed by atoms with E-state index < -0.39 is 0 Å². The summed E-state index contributed by atoms with van der Waals surface area (Å²) in [5.74, 6) is 0. The van der Waals surface area contributed by atoms with Crippen molar-refractivity contribution >= 4 is 21.5 Å². The van der Waals surface area contributed by atoms with Crippen LogP contribution in [-0.4, -0.2) is 0 Å². The molecule has 0 heteroatoms. The van der Waals surface area contributed by atoms with Gasteiger partial charge in [0.25, 0.3) is 0 Å². The third-order valence-corrected chi connectivity index (χ3v) is 9.01. The summed E-state index contributed by atoms with van der Waals surface area (Å²) < 4.78 is 0. The van der Waals surface area contributed by atoms with Gasteiger partial charge in [-0.15, -0.1) is 0 Å². The van der Waals surface area contributed by atoms with Gasteiger partial charge in [-0.3, -0.25) is 0 Å². The molecule has 0 saturated carbocycles. The Labute approximate surface area is 264 Å². The highest BCUT2D eigenvalue weighted by Gasteiger charge is 2.17. The Morgan fingerprint density at radius 1 is 0.267 bits per heavy atom. The Kier molecular flexibility index (Phi) is 7.02. The number of hydrogen-bond acceptors (Lipinski definition) is 0. The van der Waals surface area contributed by atoms with Crippen molar-refractivity contribution in [3.8, 4) is 44.5 Å². The van der Waals surface area contributed by atoms with Crippen molar-refractivity contribution < 1.29 is 0 Å². The predicted molar refractivity (Wildman–Crippen MR) is 192 cm³/mol. The minimum atomic E-state index is 0.865. The van der Waals surface area contributed by atoms with E-state index in [2.05, 4.69) is 182 Å². The first kappa shape index (κ1) is 26.9. The van der Waals surface area contributed by atoms with Gasteiger partial charge in [-0.25, -0.2) is 0 Å². The lowest BCUT2D eigenvalue weighted by atomic mass is 9.85. The first-order chi connectivity index (χ1) is 22.3. The Balaban J connectivity index is 1.22. The molecule has 0 N–H and O–H groups in total. The molecule has 0 heterocycles. The Hall–Kier alpha value is -5.72. The zero-order chi connectivity index (χ0) is 30.0. The van der Waals surface area contributed by atoms with Crippen LogP contribution in [0.2, 0.25) is 0 Å². The van der Waals surface area contributed by atoms with Gasteiger partial charge in [0.2, 0.25) is 0 Å². The molecule has 0 amide bonds. The van der Waals surface area contributed by atoms with E-state index >= 15 is 0 Å². The summed E-state index contributed by atoms with van der Waals surface area (Å²) in [6.07, 6.45) is 0.865. The molecule has 0 aliphatic rings. The van der Waals surface area contributed by atoms with Gasteiger partial charge < -0.3 is 0 Å². The fourth-order valence-electron chi connectivity index (χ4n) is 6.80. The van der Waals surface area contributed by atoms with Crippen molar-refractivity contribution in [1.29, 1.82) is 0 Å². The molecule has 0 aliphatic carbocycles. The summed E-state index contributed by atoms with van der Waals surface area (Å²) >= 11 is 0. The standard InChI is InChI=1S/C45H32/c1-3-13-32(14-4-1)33-23-25-34(26-24-33)35-27-29-37(30-28-35)45-42-21-11-9-19-40(42)44(41-20-10-12-22-43(41)45)31-38-17-7-8-18-39(38)36-15-5-2-6-16-36/h1-30H,31H2. The SMILES string of the molecule is c1ccc(-c2ccc(-c3ccc(-c4c5ccccc5c(Cc5ccccc5-c5ccccc5)c5ccccc45)cc3)cc2)cc1. The van der Waals surface area contributed by atoms with Crippen LogP contribution in [0.1, 0.15) is 11.1 Å². The topological polar surface area (TPSA) is 0 Å². The van der Waals surface area contributed by atoms with Crippen molar-refractivity contribution in [2.45, 2.75) is 6.42 Å². The van der Waals surface area contributed by atoms with Crippen LogP contribution in [0.3, 0.4) is 0 Å². The molecular formula is C45H32. The lowest BCUT2D eigenvalue weighted by molar-refractivity contribution is 1.23. The zero-order valence-corrected chi connectivity index (χ0v) is 25.0. The maximum absolute atomic E-state index is 2.30. The van der Waals surface area contributed by atoms with Crippen LogP contribution in [0.4, 0.5) is 0 Å². The number of fused-ring (bicyclic) bond motifs is 2. The summed E-state index contributed by atoms with van der Waals surface area (Å²) in [5.41, 5.74) is 12.7. The first-order valence-corrected chi connectivity index (χ1v) is 15.7. The maximum atomic E-state index is 2.30. The summed E-state index contributed by atoms with van der Waals surface area (Å²) in [6.45, 7) is 0. The second-order valence-electron chi connectivity index (χ2n) is 11.7. The lowest BCUT2D eigenvalue weighted by Gasteiger charge is -2.19. The molecule has 8 rings (SSSR count). The predicted octanol–water partition coefficient (Wildman–Crippen LogP) is 12.3. The van der Waals surface area contributed by atoms with E-state index in [0.29, 0.717) is 0 Å². The van der Waals surface area contributed by atoms with Crippen LogP contribution < -0.4 is 0 Å². The number of rotatable bonds is 6. The zero-order valence-electron chi connectivity index (χ0n) is 25.0. The molecule has 0 saturated heterocycles. The van der Waals surface area contributed by atoms with Gasteiger partial charge in [0.05, 0.1) is 0 Å². The van der Waals surface area contributed by atoms with E-state index in [9.17, 15) is 0 Å². The van der Waals surface area contributed by atoms with Gasteiger partial charge in [0.15, 0.2) is 0 Å². The molecule has 45 heavy (non-hydrogen) atoms. The Bertz CT molecular complexity index is 2190. The highest BCUT2D eigenvalue weighted by atomic mass is 14.2. The highest BCUT2D eigenvalue weighted by Crippen LogP contribution is 2.41. The molecule has 0 atom stereocenters. The largest absolute Gasteiger partial charge is 0.0622 e.